The highest BCUT2D eigenvalue weighted by Crippen LogP contribution is 2.33. The fourth-order valence-corrected chi connectivity index (χ4v) is 6.04. The van der Waals surface area contributed by atoms with Gasteiger partial charge in [0.15, 0.2) is 0 Å². The Hall–Kier alpha value is -1.95. The van der Waals surface area contributed by atoms with Gasteiger partial charge < -0.3 is 10.2 Å². The summed E-state index contributed by atoms with van der Waals surface area (Å²) < 4.78 is 1.10. The van der Waals surface area contributed by atoms with E-state index in [2.05, 4.69) is 98.6 Å². The van der Waals surface area contributed by atoms with Crippen molar-refractivity contribution >= 4 is 32.7 Å². The number of piperazine rings is 1. The zero-order chi connectivity index (χ0) is 21.9. The number of aromatic nitrogens is 1. The van der Waals surface area contributed by atoms with Gasteiger partial charge in [0.05, 0.1) is 5.52 Å². The molecule has 2 saturated heterocycles. The van der Waals surface area contributed by atoms with Gasteiger partial charge in [0.1, 0.15) is 5.82 Å². The number of rotatable bonds is 5. The van der Waals surface area contributed by atoms with E-state index in [1.807, 2.05) is 0 Å². The molecule has 3 aromatic rings. The summed E-state index contributed by atoms with van der Waals surface area (Å²) in [7, 11) is 0. The summed E-state index contributed by atoms with van der Waals surface area (Å²) in [6.07, 6.45) is 2.62. The van der Waals surface area contributed by atoms with E-state index < -0.39 is 0 Å². The lowest BCUT2D eigenvalue weighted by Gasteiger charge is -2.46. The third-order valence-electron chi connectivity index (χ3n) is 7.35. The van der Waals surface area contributed by atoms with Gasteiger partial charge in [-0.2, -0.15) is 0 Å². The van der Waals surface area contributed by atoms with E-state index in [1.54, 1.807) is 0 Å². The fourth-order valence-electron chi connectivity index (χ4n) is 5.66. The maximum Gasteiger partial charge on any atom is 0.129 e. The second-order valence-electron chi connectivity index (χ2n) is 9.33. The van der Waals surface area contributed by atoms with Gasteiger partial charge in [0, 0.05) is 42.1 Å². The van der Waals surface area contributed by atoms with Crippen molar-refractivity contribution in [1.82, 2.24) is 15.2 Å². The third kappa shape index (κ3) is 4.70. The van der Waals surface area contributed by atoms with Crippen molar-refractivity contribution in [1.29, 1.82) is 0 Å². The summed E-state index contributed by atoms with van der Waals surface area (Å²) in [5.41, 5.74) is 2.53. The van der Waals surface area contributed by atoms with E-state index in [0.717, 1.165) is 48.5 Å². The van der Waals surface area contributed by atoms with Gasteiger partial charge in [-0.25, -0.2) is 4.98 Å². The van der Waals surface area contributed by atoms with Crippen molar-refractivity contribution in [3.63, 3.8) is 0 Å². The SMILES string of the molecule is CC(c1ccccc1)C(C1CCCNC1)N1CCN(c2ccc3cc(Br)ccc3n2)CC1. The number of anilines is 1. The van der Waals surface area contributed by atoms with E-state index >= 15 is 0 Å². The molecule has 0 saturated carbocycles. The monoisotopic (exact) mass is 492 g/mol. The lowest BCUT2D eigenvalue weighted by Crippen LogP contribution is -2.56. The molecule has 2 aliphatic rings. The molecule has 5 rings (SSSR count). The Morgan fingerprint density at radius 2 is 1.81 bits per heavy atom. The fraction of sp³-hybridized carbons (Fsp3) is 0.444. The van der Waals surface area contributed by atoms with Gasteiger partial charge in [-0.1, -0.05) is 53.2 Å². The topological polar surface area (TPSA) is 31.4 Å². The van der Waals surface area contributed by atoms with Crippen molar-refractivity contribution in [3.05, 3.63) is 70.7 Å². The molecular formula is C27H33BrN4. The Balaban J connectivity index is 1.32. The first-order chi connectivity index (χ1) is 15.7. The van der Waals surface area contributed by atoms with Crippen LogP contribution in [-0.2, 0) is 0 Å². The minimum absolute atomic E-state index is 0.532. The Morgan fingerprint density at radius 3 is 2.56 bits per heavy atom. The van der Waals surface area contributed by atoms with Gasteiger partial charge in [-0.3, -0.25) is 4.90 Å². The van der Waals surface area contributed by atoms with Crippen LogP contribution in [0.15, 0.2) is 65.1 Å². The second kappa shape index (κ2) is 9.90. The molecule has 1 aromatic heterocycles. The molecule has 5 heteroatoms. The van der Waals surface area contributed by atoms with Crippen LogP contribution in [0.1, 0.15) is 31.2 Å². The third-order valence-corrected chi connectivity index (χ3v) is 7.85. The van der Waals surface area contributed by atoms with E-state index in [9.17, 15) is 0 Å². The van der Waals surface area contributed by atoms with Crippen molar-refractivity contribution in [2.45, 2.75) is 31.7 Å². The lowest BCUT2D eigenvalue weighted by atomic mass is 9.80. The number of fused-ring (bicyclic) bond motifs is 1. The van der Waals surface area contributed by atoms with Crippen LogP contribution in [0.2, 0.25) is 0 Å². The Labute approximate surface area is 200 Å². The van der Waals surface area contributed by atoms with Crippen LogP contribution < -0.4 is 10.2 Å². The molecule has 4 nitrogen and oxygen atoms in total. The molecule has 0 spiro atoms. The molecule has 3 unspecified atom stereocenters. The molecule has 0 bridgehead atoms. The predicted molar refractivity (Wildman–Crippen MR) is 137 cm³/mol. The summed E-state index contributed by atoms with van der Waals surface area (Å²) in [6.45, 7) is 9.01. The normalized spacial score (nSPS) is 22.1. The number of pyridine rings is 1. The molecule has 0 amide bonds. The molecule has 32 heavy (non-hydrogen) atoms. The number of hydrogen-bond acceptors (Lipinski definition) is 4. The van der Waals surface area contributed by atoms with Crippen LogP contribution in [0.5, 0.6) is 0 Å². The van der Waals surface area contributed by atoms with E-state index in [0.29, 0.717) is 17.9 Å². The van der Waals surface area contributed by atoms with Crippen LogP contribution in [-0.4, -0.2) is 55.2 Å². The molecule has 2 aromatic carbocycles. The highest BCUT2D eigenvalue weighted by Gasteiger charge is 2.35. The Morgan fingerprint density at radius 1 is 1.00 bits per heavy atom. The second-order valence-corrected chi connectivity index (χ2v) is 10.2. The average Bonchev–Trinajstić information content (AvgIpc) is 2.85. The quantitative estimate of drug-likeness (QED) is 0.524. The van der Waals surface area contributed by atoms with Gasteiger partial charge in [0.2, 0.25) is 0 Å². The van der Waals surface area contributed by atoms with Crippen LogP contribution >= 0.6 is 15.9 Å². The smallest absolute Gasteiger partial charge is 0.129 e. The number of hydrogen-bond donors (Lipinski definition) is 1. The van der Waals surface area contributed by atoms with Crippen molar-refractivity contribution in [2.75, 3.05) is 44.2 Å². The number of piperidine rings is 1. The van der Waals surface area contributed by atoms with Gasteiger partial charge >= 0.3 is 0 Å². The molecule has 2 fully saturated rings. The first-order valence-electron chi connectivity index (χ1n) is 12.0. The van der Waals surface area contributed by atoms with Gasteiger partial charge in [0.25, 0.3) is 0 Å². The largest absolute Gasteiger partial charge is 0.354 e. The highest BCUT2D eigenvalue weighted by molar-refractivity contribution is 9.10. The van der Waals surface area contributed by atoms with Crippen molar-refractivity contribution < 1.29 is 0 Å². The lowest BCUT2D eigenvalue weighted by molar-refractivity contribution is 0.0985. The molecule has 0 aliphatic carbocycles. The van der Waals surface area contributed by atoms with Crippen LogP contribution in [0, 0.1) is 5.92 Å². The van der Waals surface area contributed by atoms with E-state index in [-0.39, 0.29) is 0 Å². The van der Waals surface area contributed by atoms with Crippen molar-refractivity contribution in [2.24, 2.45) is 5.92 Å². The Kier molecular flexibility index (Phi) is 6.77. The summed E-state index contributed by atoms with van der Waals surface area (Å²) in [4.78, 5) is 10.2. The van der Waals surface area contributed by atoms with Crippen LogP contribution in [0.25, 0.3) is 10.9 Å². The zero-order valence-corrected chi connectivity index (χ0v) is 20.5. The number of halogens is 1. The number of nitrogens with one attached hydrogen (secondary N) is 1. The maximum absolute atomic E-state index is 4.96. The van der Waals surface area contributed by atoms with Crippen LogP contribution in [0.3, 0.4) is 0 Å². The van der Waals surface area contributed by atoms with Gasteiger partial charge in [-0.15, -0.1) is 0 Å². The molecule has 3 atom stereocenters. The van der Waals surface area contributed by atoms with Gasteiger partial charge in [-0.05, 0) is 73.7 Å². The summed E-state index contributed by atoms with van der Waals surface area (Å²) >= 11 is 3.56. The Bertz CT molecular complexity index is 1030. The van der Waals surface area contributed by atoms with E-state index in [1.165, 1.54) is 30.3 Å². The predicted octanol–water partition coefficient (Wildman–Crippen LogP) is 5.29. The molecular weight excluding hydrogens is 460 g/mol. The molecule has 3 heterocycles. The molecule has 2 aliphatic heterocycles. The summed E-state index contributed by atoms with van der Waals surface area (Å²) in [5, 5.41) is 4.85. The first-order valence-corrected chi connectivity index (χ1v) is 12.8. The molecule has 0 radical (unpaired) electrons. The highest BCUT2D eigenvalue weighted by atomic mass is 79.9. The number of nitrogens with zero attached hydrogens (tertiary/aromatic N) is 3. The first kappa shape index (κ1) is 21.9. The minimum atomic E-state index is 0.532. The molecule has 168 valence electrons. The standard InChI is InChI=1S/C27H33BrN4/c1-20(21-6-3-2-4-7-21)27(23-8-5-13-29-19-23)32-16-14-31(15-17-32)26-12-9-22-18-24(28)10-11-25(22)30-26/h2-4,6-7,9-12,18,20,23,27,29H,5,8,13-17,19H2,1H3. The van der Waals surface area contributed by atoms with E-state index in [4.69, 9.17) is 4.98 Å². The molecule has 1 N–H and O–H groups in total. The van der Waals surface area contributed by atoms with Crippen molar-refractivity contribution in [3.8, 4) is 0 Å². The maximum atomic E-state index is 4.96. The minimum Gasteiger partial charge on any atom is -0.354 e. The number of benzene rings is 2. The summed E-state index contributed by atoms with van der Waals surface area (Å²) in [5.74, 6) is 2.35. The summed E-state index contributed by atoms with van der Waals surface area (Å²) in [6, 6.07) is 22.4. The zero-order valence-electron chi connectivity index (χ0n) is 18.9. The average molecular weight is 493 g/mol. The van der Waals surface area contributed by atoms with Crippen LogP contribution in [0.4, 0.5) is 5.82 Å².